The van der Waals surface area contributed by atoms with Crippen molar-refractivity contribution in [3.8, 4) is 0 Å². The second kappa shape index (κ2) is 4.00. The lowest BCUT2D eigenvalue weighted by atomic mass is 10.4. The molecule has 0 aliphatic carbocycles. The fourth-order valence-corrected chi connectivity index (χ4v) is 0.607. The van der Waals surface area contributed by atoms with Crippen LogP contribution >= 0.6 is 0 Å². The van der Waals surface area contributed by atoms with Gasteiger partial charge in [0.05, 0.1) is 0 Å². The molecule has 68 valence electrons. The van der Waals surface area contributed by atoms with Gasteiger partial charge in [0.2, 0.25) is 0 Å². The van der Waals surface area contributed by atoms with Crippen LogP contribution in [0.3, 0.4) is 0 Å². The number of nitrogens with one attached hydrogen (secondary N) is 2. The van der Waals surface area contributed by atoms with E-state index in [1.165, 1.54) is 18.6 Å². The summed E-state index contributed by atoms with van der Waals surface area (Å²) < 4.78 is 0. The number of amides is 3. The molecule has 4 N–H and O–H groups in total. The van der Waals surface area contributed by atoms with Crippen LogP contribution in [0.15, 0.2) is 18.6 Å². The number of aromatic nitrogens is 2. The van der Waals surface area contributed by atoms with Crippen molar-refractivity contribution in [3.05, 3.63) is 24.3 Å². The molecule has 0 fully saturated rings. The summed E-state index contributed by atoms with van der Waals surface area (Å²) in [6.45, 7) is 0. The summed E-state index contributed by atoms with van der Waals surface area (Å²) in [6, 6.07) is 0.556. The minimum atomic E-state index is -0.845. The molecule has 7 heteroatoms. The SMILES string of the molecule is NC(=O)NNC(=O)c1ccncn1. The standard InChI is InChI=1S/C6H7N5O2/c7-6(13)11-10-5(12)4-1-2-8-3-9-4/h1-3H,(H,10,12)(H3,7,11,13). The number of primary amides is 1. The fraction of sp³-hybridized carbons (Fsp3) is 0. The molecule has 0 bridgehead atoms. The molecule has 0 atom stereocenters. The Bertz CT molecular complexity index is 312. The van der Waals surface area contributed by atoms with E-state index in [-0.39, 0.29) is 5.69 Å². The van der Waals surface area contributed by atoms with Crippen molar-refractivity contribution >= 4 is 11.9 Å². The number of carbonyl (C=O) groups excluding carboxylic acids is 2. The van der Waals surface area contributed by atoms with Crippen LogP contribution in [0.2, 0.25) is 0 Å². The minimum Gasteiger partial charge on any atom is -0.350 e. The van der Waals surface area contributed by atoms with Gasteiger partial charge in [0.25, 0.3) is 5.91 Å². The molecule has 0 aliphatic heterocycles. The quantitative estimate of drug-likeness (QED) is 0.472. The third kappa shape index (κ3) is 2.73. The van der Waals surface area contributed by atoms with E-state index in [2.05, 4.69) is 9.97 Å². The number of rotatable bonds is 1. The first-order valence-corrected chi connectivity index (χ1v) is 3.32. The first-order valence-electron chi connectivity index (χ1n) is 3.32. The number of nitrogens with zero attached hydrogens (tertiary/aromatic N) is 2. The third-order valence-electron chi connectivity index (χ3n) is 1.11. The lowest BCUT2D eigenvalue weighted by Crippen LogP contribution is -2.44. The molecule has 1 heterocycles. The van der Waals surface area contributed by atoms with Gasteiger partial charge in [-0.25, -0.2) is 20.2 Å². The van der Waals surface area contributed by atoms with E-state index in [0.29, 0.717) is 0 Å². The van der Waals surface area contributed by atoms with Gasteiger partial charge in [-0.05, 0) is 6.07 Å². The van der Waals surface area contributed by atoms with Crippen molar-refractivity contribution in [3.63, 3.8) is 0 Å². The largest absolute Gasteiger partial charge is 0.350 e. The molecule has 0 saturated heterocycles. The molecule has 1 rings (SSSR count). The zero-order valence-electron chi connectivity index (χ0n) is 6.52. The van der Waals surface area contributed by atoms with Crippen LogP contribution in [0.25, 0.3) is 0 Å². The van der Waals surface area contributed by atoms with Crippen molar-refractivity contribution in [2.24, 2.45) is 5.73 Å². The maximum Gasteiger partial charge on any atom is 0.330 e. The molecule has 0 spiro atoms. The van der Waals surface area contributed by atoms with Crippen LogP contribution in [-0.4, -0.2) is 21.9 Å². The molecule has 0 unspecified atom stereocenters. The van der Waals surface area contributed by atoms with E-state index >= 15 is 0 Å². The number of hydrogen-bond acceptors (Lipinski definition) is 4. The first kappa shape index (κ1) is 8.91. The van der Waals surface area contributed by atoms with Crippen LogP contribution in [-0.2, 0) is 0 Å². The number of hydrogen-bond donors (Lipinski definition) is 3. The number of urea groups is 1. The molecule has 13 heavy (non-hydrogen) atoms. The summed E-state index contributed by atoms with van der Waals surface area (Å²) in [7, 11) is 0. The Morgan fingerprint density at radius 1 is 1.38 bits per heavy atom. The Morgan fingerprint density at radius 3 is 2.69 bits per heavy atom. The van der Waals surface area contributed by atoms with Gasteiger partial charge in [-0.1, -0.05) is 0 Å². The van der Waals surface area contributed by atoms with E-state index in [1.807, 2.05) is 10.9 Å². The topological polar surface area (TPSA) is 110 Å². The molecule has 0 aromatic carbocycles. The summed E-state index contributed by atoms with van der Waals surface area (Å²) in [4.78, 5) is 28.5. The molecule has 1 aromatic rings. The fourth-order valence-electron chi connectivity index (χ4n) is 0.607. The summed E-state index contributed by atoms with van der Waals surface area (Å²) in [5.41, 5.74) is 8.83. The summed E-state index contributed by atoms with van der Waals surface area (Å²) in [5, 5.41) is 0. The van der Waals surface area contributed by atoms with E-state index in [4.69, 9.17) is 5.73 Å². The summed E-state index contributed by atoms with van der Waals surface area (Å²) >= 11 is 0. The molecule has 7 nitrogen and oxygen atoms in total. The van der Waals surface area contributed by atoms with Gasteiger partial charge >= 0.3 is 6.03 Å². The molecule has 0 saturated carbocycles. The van der Waals surface area contributed by atoms with Crippen LogP contribution < -0.4 is 16.6 Å². The van der Waals surface area contributed by atoms with E-state index < -0.39 is 11.9 Å². The number of hydrazine groups is 1. The Morgan fingerprint density at radius 2 is 2.15 bits per heavy atom. The summed E-state index contributed by atoms with van der Waals surface area (Å²) in [6.07, 6.45) is 2.63. The van der Waals surface area contributed by atoms with Crippen molar-refractivity contribution in [1.82, 2.24) is 20.8 Å². The van der Waals surface area contributed by atoms with Gasteiger partial charge in [0.15, 0.2) is 0 Å². The minimum absolute atomic E-state index is 0.142. The molecular weight excluding hydrogens is 174 g/mol. The van der Waals surface area contributed by atoms with Crippen LogP contribution in [0.4, 0.5) is 4.79 Å². The van der Waals surface area contributed by atoms with Crippen LogP contribution in [0.1, 0.15) is 10.5 Å². The van der Waals surface area contributed by atoms with Crippen molar-refractivity contribution in [2.45, 2.75) is 0 Å². The second-order valence-corrected chi connectivity index (χ2v) is 2.04. The van der Waals surface area contributed by atoms with Gasteiger partial charge < -0.3 is 5.73 Å². The van der Waals surface area contributed by atoms with Crippen LogP contribution in [0, 0.1) is 0 Å². The van der Waals surface area contributed by atoms with Crippen molar-refractivity contribution in [2.75, 3.05) is 0 Å². The normalized spacial score (nSPS) is 8.92. The highest BCUT2D eigenvalue weighted by molar-refractivity contribution is 5.93. The average Bonchev–Trinajstić information content (AvgIpc) is 2.15. The van der Waals surface area contributed by atoms with Gasteiger partial charge in [0, 0.05) is 6.20 Å². The number of nitrogens with two attached hydrogens (primary N) is 1. The average molecular weight is 181 g/mol. The zero-order valence-corrected chi connectivity index (χ0v) is 6.52. The second-order valence-electron chi connectivity index (χ2n) is 2.04. The van der Waals surface area contributed by atoms with Gasteiger partial charge in [-0.15, -0.1) is 0 Å². The van der Waals surface area contributed by atoms with Gasteiger partial charge in [0.1, 0.15) is 12.0 Å². The maximum atomic E-state index is 11.1. The van der Waals surface area contributed by atoms with Gasteiger partial charge in [-0.3, -0.25) is 10.2 Å². The highest BCUT2D eigenvalue weighted by atomic mass is 16.2. The Labute approximate surface area is 73.3 Å². The molecule has 0 radical (unpaired) electrons. The van der Waals surface area contributed by atoms with E-state index in [0.717, 1.165) is 0 Å². The zero-order chi connectivity index (χ0) is 9.68. The smallest absolute Gasteiger partial charge is 0.330 e. The van der Waals surface area contributed by atoms with Gasteiger partial charge in [-0.2, -0.15) is 0 Å². The van der Waals surface area contributed by atoms with Crippen molar-refractivity contribution in [1.29, 1.82) is 0 Å². The maximum absolute atomic E-state index is 11.1. The Kier molecular flexibility index (Phi) is 2.74. The third-order valence-corrected chi connectivity index (χ3v) is 1.11. The molecule has 1 aromatic heterocycles. The highest BCUT2D eigenvalue weighted by Crippen LogP contribution is 1.88. The highest BCUT2D eigenvalue weighted by Gasteiger charge is 2.05. The lowest BCUT2D eigenvalue weighted by Gasteiger charge is -2.02. The number of carbonyl (C=O) groups is 2. The predicted octanol–water partition coefficient (Wildman–Crippen LogP) is -1.21. The Hall–Kier alpha value is -2.18. The van der Waals surface area contributed by atoms with E-state index in [9.17, 15) is 9.59 Å². The molecule has 0 aliphatic rings. The lowest BCUT2D eigenvalue weighted by molar-refractivity contribution is 0.0932. The van der Waals surface area contributed by atoms with E-state index in [1.54, 1.807) is 0 Å². The van der Waals surface area contributed by atoms with Crippen LogP contribution in [0.5, 0.6) is 0 Å². The predicted molar refractivity (Wildman–Crippen MR) is 42.2 cm³/mol. The summed E-state index contributed by atoms with van der Waals surface area (Å²) in [5.74, 6) is -0.554. The first-order chi connectivity index (χ1) is 6.20. The molecular formula is C6H7N5O2. The molecule has 3 amide bonds. The monoisotopic (exact) mass is 181 g/mol. The van der Waals surface area contributed by atoms with Crippen molar-refractivity contribution < 1.29 is 9.59 Å². The Balaban J connectivity index is 2.54.